The van der Waals surface area contributed by atoms with E-state index in [2.05, 4.69) is 54.4 Å². The highest BCUT2D eigenvalue weighted by molar-refractivity contribution is 7.10. The highest BCUT2D eigenvalue weighted by Gasteiger charge is 2.17. The predicted octanol–water partition coefficient (Wildman–Crippen LogP) is 4.57. The van der Waals surface area contributed by atoms with Gasteiger partial charge in [0, 0.05) is 29.4 Å². The van der Waals surface area contributed by atoms with Gasteiger partial charge in [0.2, 0.25) is 0 Å². The molecule has 2 aromatic rings. The lowest BCUT2D eigenvalue weighted by molar-refractivity contribution is 0.213. The third-order valence-corrected chi connectivity index (χ3v) is 4.98. The standard InChI is InChI=1S/C17H23ClN2S/c1-3-20(4-2)17(14-8-6-5-7-9-14)12-19-11-16-10-15(18)13-21-16/h5-10,13,17,19H,3-4,11-12H2,1-2H3. The van der Waals surface area contributed by atoms with Gasteiger partial charge in [-0.05, 0) is 24.7 Å². The Labute approximate surface area is 136 Å². The van der Waals surface area contributed by atoms with E-state index in [1.165, 1.54) is 10.4 Å². The van der Waals surface area contributed by atoms with E-state index in [9.17, 15) is 0 Å². The van der Waals surface area contributed by atoms with E-state index in [1.54, 1.807) is 11.3 Å². The molecule has 1 unspecified atom stereocenters. The van der Waals surface area contributed by atoms with Crippen LogP contribution in [0.15, 0.2) is 41.8 Å². The molecule has 21 heavy (non-hydrogen) atoms. The van der Waals surface area contributed by atoms with Crippen LogP contribution in [-0.2, 0) is 6.54 Å². The van der Waals surface area contributed by atoms with Gasteiger partial charge in [0.15, 0.2) is 0 Å². The predicted molar refractivity (Wildman–Crippen MR) is 93.1 cm³/mol. The molecule has 0 saturated carbocycles. The van der Waals surface area contributed by atoms with Gasteiger partial charge in [0.05, 0.1) is 5.02 Å². The lowest BCUT2D eigenvalue weighted by Gasteiger charge is -2.30. The molecule has 2 rings (SSSR count). The van der Waals surface area contributed by atoms with Crippen LogP contribution in [0.2, 0.25) is 5.02 Å². The normalized spacial score (nSPS) is 12.8. The number of benzene rings is 1. The lowest BCUT2D eigenvalue weighted by Crippen LogP contribution is -2.35. The number of nitrogens with zero attached hydrogens (tertiary/aromatic N) is 1. The zero-order valence-corrected chi connectivity index (χ0v) is 14.3. The van der Waals surface area contributed by atoms with Crippen LogP contribution in [0.4, 0.5) is 0 Å². The van der Waals surface area contributed by atoms with Crippen LogP contribution in [-0.4, -0.2) is 24.5 Å². The van der Waals surface area contributed by atoms with Crippen molar-refractivity contribution < 1.29 is 0 Å². The van der Waals surface area contributed by atoms with Crippen molar-refractivity contribution in [3.63, 3.8) is 0 Å². The average molecular weight is 323 g/mol. The molecule has 0 aliphatic rings. The highest BCUT2D eigenvalue weighted by atomic mass is 35.5. The molecule has 1 atom stereocenters. The van der Waals surface area contributed by atoms with Crippen LogP contribution in [0.25, 0.3) is 0 Å². The first kappa shape index (κ1) is 16.5. The second-order valence-corrected chi connectivity index (χ2v) is 6.44. The third kappa shape index (κ3) is 4.82. The van der Waals surface area contributed by atoms with Crippen LogP contribution in [0, 0.1) is 0 Å². The van der Waals surface area contributed by atoms with E-state index in [1.807, 2.05) is 11.4 Å². The van der Waals surface area contributed by atoms with Crippen molar-refractivity contribution in [3.8, 4) is 0 Å². The van der Waals surface area contributed by atoms with Crippen LogP contribution < -0.4 is 5.32 Å². The van der Waals surface area contributed by atoms with E-state index >= 15 is 0 Å². The van der Waals surface area contributed by atoms with E-state index < -0.39 is 0 Å². The maximum atomic E-state index is 5.97. The molecule has 0 bridgehead atoms. The van der Waals surface area contributed by atoms with Crippen LogP contribution in [0.3, 0.4) is 0 Å². The van der Waals surface area contributed by atoms with Crippen LogP contribution in [0.1, 0.15) is 30.3 Å². The number of likely N-dealkylation sites (N-methyl/N-ethyl adjacent to an activating group) is 1. The quantitative estimate of drug-likeness (QED) is 0.765. The number of hydrogen-bond acceptors (Lipinski definition) is 3. The summed E-state index contributed by atoms with van der Waals surface area (Å²) in [6.45, 7) is 8.38. The minimum Gasteiger partial charge on any atom is -0.310 e. The fourth-order valence-electron chi connectivity index (χ4n) is 2.58. The smallest absolute Gasteiger partial charge is 0.0516 e. The molecule has 0 radical (unpaired) electrons. The van der Waals surface area contributed by atoms with Gasteiger partial charge >= 0.3 is 0 Å². The SMILES string of the molecule is CCN(CC)C(CNCc1cc(Cl)cs1)c1ccccc1. The van der Waals surface area contributed by atoms with Crippen molar-refractivity contribution >= 4 is 22.9 Å². The van der Waals surface area contributed by atoms with E-state index in [0.29, 0.717) is 6.04 Å². The second kappa shape index (κ2) is 8.54. The molecule has 1 heterocycles. The van der Waals surface area contributed by atoms with Crippen molar-refractivity contribution in [2.75, 3.05) is 19.6 Å². The monoisotopic (exact) mass is 322 g/mol. The fraction of sp³-hybridized carbons (Fsp3) is 0.412. The number of hydrogen-bond donors (Lipinski definition) is 1. The lowest BCUT2D eigenvalue weighted by atomic mass is 10.1. The Morgan fingerprint density at radius 3 is 2.48 bits per heavy atom. The Balaban J connectivity index is 1.99. The maximum Gasteiger partial charge on any atom is 0.0516 e. The second-order valence-electron chi connectivity index (χ2n) is 5.01. The highest BCUT2D eigenvalue weighted by Crippen LogP contribution is 2.21. The Hall–Kier alpha value is -0.870. The average Bonchev–Trinajstić information content (AvgIpc) is 2.93. The van der Waals surface area contributed by atoms with Gasteiger partial charge in [-0.15, -0.1) is 11.3 Å². The van der Waals surface area contributed by atoms with Gasteiger partial charge in [-0.3, -0.25) is 4.90 Å². The molecule has 4 heteroatoms. The van der Waals surface area contributed by atoms with Crippen LogP contribution >= 0.6 is 22.9 Å². The summed E-state index contributed by atoms with van der Waals surface area (Å²) in [5, 5.41) is 6.39. The Morgan fingerprint density at radius 2 is 1.90 bits per heavy atom. The topological polar surface area (TPSA) is 15.3 Å². The first-order chi connectivity index (χ1) is 10.2. The van der Waals surface area contributed by atoms with Crippen molar-refractivity contribution in [2.24, 2.45) is 0 Å². The first-order valence-corrected chi connectivity index (χ1v) is 8.73. The van der Waals surface area contributed by atoms with Crippen molar-refractivity contribution in [1.82, 2.24) is 10.2 Å². The number of nitrogens with one attached hydrogen (secondary N) is 1. The van der Waals surface area contributed by atoms with Crippen LogP contribution in [0.5, 0.6) is 0 Å². The summed E-state index contributed by atoms with van der Waals surface area (Å²) < 4.78 is 0. The number of thiophene rings is 1. The molecule has 114 valence electrons. The largest absolute Gasteiger partial charge is 0.310 e. The molecule has 0 aliphatic carbocycles. The minimum absolute atomic E-state index is 0.414. The summed E-state index contributed by atoms with van der Waals surface area (Å²) in [6.07, 6.45) is 0. The van der Waals surface area contributed by atoms with E-state index in [4.69, 9.17) is 11.6 Å². The van der Waals surface area contributed by atoms with Gasteiger partial charge in [0.1, 0.15) is 0 Å². The Morgan fingerprint density at radius 1 is 1.19 bits per heavy atom. The molecule has 1 aromatic heterocycles. The first-order valence-electron chi connectivity index (χ1n) is 7.47. The maximum absolute atomic E-state index is 5.97. The third-order valence-electron chi connectivity index (χ3n) is 3.70. The molecule has 1 aromatic carbocycles. The molecule has 2 nitrogen and oxygen atoms in total. The molecule has 0 spiro atoms. The van der Waals surface area contributed by atoms with E-state index in [0.717, 1.165) is 31.2 Å². The number of halogens is 1. The molecule has 1 N–H and O–H groups in total. The summed E-state index contributed by atoms with van der Waals surface area (Å²) in [5.74, 6) is 0. The van der Waals surface area contributed by atoms with Gasteiger partial charge < -0.3 is 5.32 Å². The van der Waals surface area contributed by atoms with Gasteiger partial charge in [0.25, 0.3) is 0 Å². The van der Waals surface area contributed by atoms with Gasteiger partial charge in [-0.2, -0.15) is 0 Å². The summed E-state index contributed by atoms with van der Waals surface area (Å²) in [7, 11) is 0. The Kier molecular flexibility index (Phi) is 6.71. The number of rotatable bonds is 8. The zero-order valence-electron chi connectivity index (χ0n) is 12.7. The fourth-order valence-corrected chi connectivity index (χ4v) is 3.62. The Bertz CT molecular complexity index is 523. The summed E-state index contributed by atoms with van der Waals surface area (Å²) in [6, 6.07) is 13.2. The molecule has 0 fully saturated rings. The molecular formula is C17H23ClN2S. The van der Waals surface area contributed by atoms with Crippen molar-refractivity contribution in [2.45, 2.75) is 26.4 Å². The van der Waals surface area contributed by atoms with Gasteiger partial charge in [-0.25, -0.2) is 0 Å². The van der Waals surface area contributed by atoms with Gasteiger partial charge in [-0.1, -0.05) is 55.8 Å². The molecule has 0 amide bonds. The molecule has 0 saturated heterocycles. The summed E-state index contributed by atoms with van der Waals surface area (Å²) in [5.41, 5.74) is 1.37. The van der Waals surface area contributed by atoms with Crippen molar-refractivity contribution in [3.05, 3.63) is 57.2 Å². The summed E-state index contributed by atoms with van der Waals surface area (Å²) >= 11 is 7.68. The molecular weight excluding hydrogens is 300 g/mol. The molecule has 0 aliphatic heterocycles. The zero-order chi connectivity index (χ0) is 15.1. The minimum atomic E-state index is 0.414. The van der Waals surface area contributed by atoms with E-state index in [-0.39, 0.29) is 0 Å². The summed E-state index contributed by atoms with van der Waals surface area (Å²) in [4.78, 5) is 3.77. The van der Waals surface area contributed by atoms with Crippen molar-refractivity contribution in [1.29, 1.82) is 0 Å².